The van der Waals surface area contributed by atoms with Crippen LogP contribution >= 0.6 is 15.9 Å². The van der Waals surface area contributed by atoms with Gasteiger partial charge in [0.2, 0.25) is 11.8 Å². The fourth-order valence-corrected chi connectivity index (χ4v) is 1.92. The Morgan fingerprint density at radius 1 is 1.36 bits per heavy atom. The summed E-state index contributed by atoms with van der Waals surface area (Å²) in [4.78, 5) is 33.9. The maximum absolute atomic E-state index is 11.1. The summed E-state index contributed by atoms with van der Waals surface area (Å²) in [5.74, 6) is -1.90. The third kappa shape index (κ3) is 1.66. The summed E-state index contributed by atoms with van der Waals surface area (Å²) in [6.45, 7) is 2.49. The number of hydrogen-bond acceptors (Lipinski definition) is 3. The molecule has 78 valence electrons. The third-order valence-corrected chi connectivity index (χ3v) is 3.40. The fourth-order valence-electron chi connectivity index (χ4n) is 1.41. The minimum absolute atomic E-state index is 0.265. The second-order valence-electron chi connectivity index (χ2n) is 3.30. The molecule has 1 aliphatic rings. The van der Waals surface area contributed by atoms with Crippen LogP contribution in [0.2, 0.25) is 0 Å². The van der Waals surface area contributed by atoms with Crippen molar-refractivity contribution in [1.29, 1.82) is 0 Å². The predicted molar refractivity (Wildman–Crippen MR) is 50.9 cm³/mol. The lowest BCUT2D eigenvalue weighted by Gasteiger charge is -2.17. The van der Waals surface area contributed by atoms with Crippen molar-refractivity contribution < 1.29 is 19.5 Å². The molecule has 6 heteroatoms. The molecule has 2 amide bonds. The van der Waals surface area contributed by atoms with E-state index in [2.05, 4.69) is 15.9 Å². The zero-order valence-electron chi connectivity index (χ0n) is 7.78. The van der Waals surface area contributed by atoms with Gasteiger partial charge >= 0.3 is 5.97 Å². The molecule has 0 aromatic carbocycles. The van der Waals surface area contributed by atoms with Gasteiger partial charge in [-0.3, -0.25) is 19.3 Å². The van der Waals surface area contributed by atoms with Crippen molar-refractivity contribution in [3.8, 4) is 0 Å². The number of alkyl halides is 1. The van der Waals surface area contributed by atoms with Gasteiger partial charge in [-0.05, 0) is 6.42 Å². The van der Waals surface area contributed by atoms with Crippen molar-refractivity contribution in [2.45, 2.75) is 30.6 Å². The summed E-state index contributed by atoms with van der Waals surface area (Å²) in [5, 5.41) is 8.80. The van der Waals surface area contributed by atoms with Crippen molar-refractivity contribution in [2.75, 3.05) is 0 Å². The van der Waals surface area contributed by atoms with Crippen molar-refractivity contribution in [3.05, 3.63) is 0 Å². The molecule has 0 aromatic heterocycles. The van der Waals surface area contributed by atoms with E-state index in [-0.39, 0.29) is 6.42 Å². The lowest BCUT2D eigenvalue weighted by atomic mass is 10.3. The number of carboxylic acid groups (broad SMARTS) is 1. The molecule has 0 aromatic rings. The van der Waals surface area contributed by atoms with Gasteiger partial charge in [-0.25, -0.2) is 0 Å². The van der Waals surface area contributed by atoms with E-state index in [1.54, 1.807) is 0 Å². The second kappa shape index (κ2) is 3.34. The topological polar surface area (TPSA) is 74.7 Å². The maximum atomic E-state index is 11.1. The Kier molecular flexibility index (Phi) is 2.67. The Bertz CT molecular complexity index is 302. The summed E-state index contributed by atoms with van der Waals surface area (Å²) >= 11 is 3.01. The van der Waals surface area contributed by atoms with Gasteiger partial charge in [-0.2, -0.15) is 0 Å². The number of carbonyl (C=O) groups excluding carboxylic acids is 2. The highest BCUT2D eigenvalue weighted by Gasteiger charge is 2.63. The van der Waals surface area contributed by atoms with E-state index in [0.717, 1.165) is 4.90 Å². The van der Waals surface area contributed by atoms with Gasteiger partial charge in [0, 0.05) is 13.8 Å². The molecular formula is C8H10BrNO4. The molecule has 1 fully saturated rings. The summed E-state index contributed by atoms with van der Waals surface area (Å²) in [6.07, 6.45) is 0.265. The first-order valence-corrected chi connectivity index (χ1v) is 4.82. The van der Waals surface area contributed by atoms with Crippen LogP contribution in [-0.2, 0) is 14.4 Å². The van der Waals surface area contributed by atoms with Crippen LogP contribution in [-0.4, -0.2) is 38.2 Å². The SMILES string of the molecule is CC(=O)N(C(C)=O)C1CC1(Br)C(=O)O. The molecule has 1 saturated carbocycles. The average Bonchev–Trinajstić information content (AvgIpc) is 2.62. The number of halogens is 1. The molecule has 0 radical (unpaired) electrons. The molecule has 0 aliphatic heterocycles. The Morgan fingerprint density at radius 2 is 1.79 bits per heavy atom. The van der Waals surface area contributed by atoms with Crippen LogP contribution in [0.25, 0.3) is 0 Å². The smallest absolute Gasteiger partial charge is 0.322 e. The molecular weight excluding hydrogens is 254 g/mol. The fraction of sp³-hybridized carbons (Fsp3) is 0.625. The van der Waals surface area contributed by atoms with E-state index in [0.29, 0.717) is 0 Å². The molecule has 2 unspecified atom stereocenters. The number of rotatable bonds is 2. The zero-order chi connectivity index (χ0) is 11.1. The molecule has 14 heavy (non-hydrogen) atoms. The monoisotopic (exact) mass is 263 g/mol. The van der Waals surface area contributed by atoms with Gasteiger partial charge in [0.25, 0.3) is 0 Å². The van der Waals surface area contributed by atoms with Gasteiger partial charge in [-0.1, -0.05) is 15.9 Å². The van der Waals surface area contributed by atoms with Crippen molar-refractivity contribution in [3.63, 3.8) is 0 Å². The largest absolute Gasteiger partial charge is 0.480 e. The van der Waals surface area contributed by atoms with Crippen LogP contribution in [0.5, 0.6) is 0 Å². The van der Waals surface area contributed by atoms with E-state index in [4.69, 9.17) is 5.11 Å². The summed E-state index contributed by atoms with van der Waals surface area (Å²) < 4.78 is -1.13. The van der Waals surface area contributed by atoms with E-state index in [9.17, 15) is 14.4 Å². The molecule has 0 saturated heterocycles. The number of hydrogen-bond donors (Lipinski definition) is 1. The molecule has 1 aliphatic carbocycles. The molecule has 2 atom stereocenters. The van der Waals surface area contributed by atoms with Gasteiger partial charge in [0.15, 0.2) is 0 Å². The standard InChI is InChI=1S/C8H10BrNO4/c1-4(11)10(5(2)12)6-3-8(6,9)7(13)14/h6H,3H2,1-2H3,(H,13,14). The summed E-state index contributed by atoms with van der Waals surface area (Å²) in [7, 11) is 0. The molecule has 1 rings (SSSR count). The third-order valence-electron chi connectivity index (χ3n) is 2.20. The van der Waals surface area contributed by atoms with Gasteiger partial charge in [0.05, 0.1) is 6.04 Å². The number of carbonyl (C=O) groups is 3. The van der Waals surface area contributed by atoms with Crippen LogP contribution in [0.15, 0.2) is 0 Å². The van der Waals surface area contributed by atoms with Crippen molar-refractivity contribution in [2.24, 2.45) is 0 Å². The van der Waals surface area contributed by atoms with Crippen LogP contribution in [0.1, 0.15) is 20.3 Å². The van der Waals surface area contributed by atoms with E-state index >= 15 is 0 Å². The van der Waals surface area contributed by atoms with Gasteiger partial charge < -0.3 is 5.11 Å². The van der Waals surface area contributed by atoms with Gasteiger partial charge in [0.1, 0.15) is 4.32 Å². The Balaban J connectivity index is 2.82. The normalized spacial score (nSPS) is 29.5. The molecule has 0 heterocycles. The lowest BCUT2D eigenvalue weighted by molar-refractivity contribution is -0.143. The highest BCUT2D eigenvalue weighted by molar-refractivity contribution is 9.10. The predicted octanol–water partition coefficient (Wildman–Crippen LogP) is 0.372. The molecule has 0 bridgehead atoms. The first-order chi connectivity index (χ1) is 6.30. The van der Waals surface area contributed by atoms with E-state index in [1.165, 1.54) is 13.8 Å². The Morgan fingerprint density at radius 3 is 2.00 bits per heavy atom. The number of amides is 2. The first kappa shape index (κ1) is 11.2. The van der Waals surface area contributed by atoms with Gasteiger partial charge in [-0.15, -0.1) is 0 Å². The zero-order valence-corrected chi connectivity index (χ0v) is 9.37. The van der Waals surface area contributed by atoms with Crippen molar-refractivity contribution >= 4 is 33.7 Å². The quantitative estimate of drug-likeness (QED) is 0.731. The second-order valence-corrected chi connectivity index (χ2v) is 4.71. The van der Waals surface area contributed by atoms with Crippen LogP contribution < -0.4 is 0 Å². The van der Waals surface area contributed by atoms with Crippen LogP contribution in [0, 0.1) is 0 Å². The number of imide groups is 1. The van der Waals surface area contributed by atoms with Crippen molar-refractivity contribution in [1.82, 2.24) is 4.90 Å². The van der Waals surface area contributed by atoms with E-state index < -0.39 is 28.1 Å². The highest BCUT2D eigenvalue weighted by Crippen LogP contribution is 2.48. The summed E-state index contributed by atoms with van der Waals surface area (Å²) in [5.41, 5.74) is 0. The molecule has 0 spiro atoms. The molecule has 1 N–H and O–H groups in total. The summed E-state index contributed by atoms with van der Waals surface area (Å²) in [6, 6.07) is -0.560. The van der Waals surface area contributed by atoms with E-state index in [1.807, 2.05) is 0 Å². The average molecular weight is 264 g/mol. The Labute approximate surface area is 89.2 Å². The lowest BCUT2D eigenvalue weighted by Crippen LogP contribution is -2.40. The van der Waals surface area contributed by atoms with Crippen LogP contribution in [0.3, 0.4) is 0 Å². The minimum atomic E-state index is -1.13. The Hall–Kier alpha value is -0.910. The minimum Gasteiger partial charge on any atom is -0.480 e. The number of nitrogens with zero attached hydrogens (tertiary/aromatic N) is 1. The number of carboxylic acids is 1. The van der Waals surface area contributed by atoms with Crippen LogP contribution in [0.4, 0.5) is 0 Å². The highest BCUT2D eigenvalue weighted by atomic mass is 79.9. The maximum Gasteiger partial charge on any atom is 0.322 e. The molecule has 5 nitrogen and oxygen atoms in total. The first-order valence-electron chi connectivity index (χ1n) is 4.03. The number of aliphatic carboxylic acids is 1.